The molecular weight excluding hydrogens is 186 g/mol. The third-order valence-corrected chi connectivity index (χ3v) is 2.34. The van der Waals surface area contributed by atoms with Crippen molar-refractivity contribution in [1.29, 1.82) is 0 Å². The van der Waals surface area contributed by atoms with E-state index in [0.29, 0.717) is 30.6 Å². The van der Waals surface area contributed by atoms with Crippen LogP contribution >= 0.6 is 0 Å². The maximum absolute atomic E-state index is 10.7. The number of esters is 1. The number of nitrogens with zero attached hydrogens (tertiary/aromatic N) is 1. The molecule has 0 aromatic rings. The standard InChI is InChI=1S/C9H13NO4/c1-6-8(10(12)13)4-3-5-9(6)14-7(2)11/h8H,3-5H2,1-2H3. The summed E-state index contributed by atoms with van der Waals surface area (Å²) >= 11 is 0. The molecular formula is C9H13NO4. The predicted octanol–water partition coefficient (Wildman–Crippen LogP) is 1.65. The van der Waals surface area contributed by atoms with Gasteiger partial charge in [-0.2, -0.15) is 0 Å². The van der Waals surface area contributed by atoms with E-state index in [-0.39, 0.29) is 4.92 Å². The molecule has 0 saturated carbocycles. The second-order valence-electron chi connectivity index (χ2n) is 3.39. The molecule has 0 radical (unpaired) electrons. The van der Waals surface area contributed by atoms with Gasteiger partial charge in [0.15, 0.2) is 0 Å². The summed E-state index contributed by atoms with van der Waals surface area (Å²) in [5, 5.41) is 10.6. The molecule has 0 saturated heterocycles. The van der Waals surface area contributed by atoms with Crippen molar-refractivity contribution in [2.45, 2.75) is 39.2 Å². The normalized spacial score (nSPS) is 22.0. The van der Waals surface area contributed by atoms with Crippen molar-refractivity contribution in [2.24, 2.45) is 0 Å². The molecule has 0 amide bonds. The molecule has 0 aromatic carbocycles. The Kier molecular flexibility index (Phi) is 3.22. The van der Waals surface area contributed by atoms with Crippen LogP contribution in [0.4, 0.5) is 0 Å². The van der Waals surface area contributed by atoms with Crippen molar-refractivity contribution in [3.05, 3.63) is 21.4 Å². The molecule has 1 aliphatic carbocycles. The summed E-state index contributed by atoms with van der Waals surface area (Å²) in [7, 11) is 0. The van der Waals surface area contributed by atoms with Gasteiger partial charge in [0.05, 0.1) is 0 Å². The molecule has 1 rings (SSSR count). The molecule has 5 nitrogen and oxygen atoms in total. The molecule has 0 fully saturated rings. The number of hydrogen-bond acceptors (Lipinski definition) is 4. The fourth-order valence-electron chi connectivity index (χ4n) is 1.62. The first-order valence-corrected chi connectivity index (χ1v) is 4.54. The van der Waals surface area contributed by atoms with E-state index in [1.807, 2.05) is 0 Å². The largest absolute Gasteiger partial charge is 0.431 e. The third-order valence-electron chi connectivity index (χ3n) is 2.34. The quantitative estimate of drug-likeness (QED) is 0.385. The van der Waals surface area contributed by atoms with Crippen LogP contribution in [0.15, 0.2) is 11.3 Å². The minimum Gasteiger partial charge on any atom is -0.431 e. The molecule has 0 heterocycles. The van der Waals surface area contributed by atoms with Crippen LogP contribution in [0.1, 0.15) is 33.1 Å². The number of carbonyl (C=O) groups is 1. The van der Waals surface area contributed by atoms with Crippen molar-refractivity contribution in [3.8, 4) is 0 Å². The van der Waals surface area contributed by atoms with Crippen molar-refractivity contribution in [3.63, 3.8) is 0 Å². The average Bonchev–Trinajstić information content (AvgIpc) is 2.07. The molecule has 14 heavy (non-hydrogen) atoms. The van der Waals surface area contributed by atoms with Crippen LogP contribution in [0.5, 0.6) is 0 Å². The number of hydrogen-bond donors (Lipinski definition) is 0. The Morgan fingerprint density at radius 1 is 1.64 bits per heavy atom. The summed E-state index contributed by atoms with van der Waals surface area (Å²) in [5.41, 5.74) is 0.580. The fraction of sp³-hybridized carbons (Fsp3) is 0.667. The maximum atomic E-state index is 10.7. The summed E-state index contributed by atoms with van der Waals surface area (Å²) in [6.07, 6.45) is 1.85. The van der Waals surface area contributed by atoms with E-state index in [4.69, 9.17) is 4.74 Å². The maximum Gasteiger partial charge on any atom is 0.307 e. The van der Waals surface area contributed by atoms with Gasteiger partial charge in [-0.15, -0.1) is 0 Å². The lowest BCUT2D eigenvalue weighted by molar-refractivity contribution is -0.514. The minimum absolute atomic E-state index is 0.321. The molecule has 0 N–H and O–H groups in total. The second kappa shape index (κ2) is 4.21. The number of carbonyl (C=O) groups excluding carboxylic acids is 1. The van der Waals surface area contributed by atoms with Gasteiger partial charge in [0.2, 0.25) is 6.04 Å². The Morgan fingerprint density at radius 2 is 2.29 bits per heavy atom. The van der Waals surface area contributed by atoms with Crippen LogP contribution in [0.2, 0.25) is 0 Å². The van der Waals surface area contributed by atoms with Crippen LogP contribution in [0.25, 0.3) is 0 Å². The zero-order valence-electron chi connectivity index (χ0n) is 8.28. The highest BCUT2D eigenvalue weighted by Crippen LogP contribution is 2.27. The monoisotopic (exact) mass is 199 g/mol. The van der Waals surface area contributed by atoms with Crippen molar-refractivity contribution >= 4 is 5.97 Å². The van der Waals surface area contributed by atoms with Gasteiger partial charge < -0.3 is 4.74 Å². The summed E-state index contributed by atoms with van der Waals surface area (Å²) in [5.74, 6) is 0.0637. The molecule has 1 unspecified atom stereocenters. The lowest BCUT2D eigenvalue weighted by atomic mass is 9.94. The Morgan fingerprint density at radius 3 is 2.79 bits per heavy atom. The zero-order valence-corrected chi connectivity index (χ0v) is 8.28. The van der Waals surface area contributed by atoms with Gasteiger partial charge in [-0.3, -0.25) is 14.9 Å². The number of nitro groups is 1. The molecule has 78 valence electrons. The van der Waals surface area contributed by atoms with E-state index in [1.54, 1.807) is 6.92 Å². The van der Waals surface area contributed by atoms with Gasteiger partial charge in [-0.05, 0) is 13.3 Å². The lowest BCUT2D eigenvalue weighted by Crippen LogP contribution is -2.26. The SMILES string of the molecule is CC(=O)OC1=C(C)C([N+](=O)[O-])CCC1. The van der Waals surface area contributed by atoms with E-state index in [1.165, 1.54) is 6.92 Å². The molecule has 1 aliphatic rings. The van der Waals surface area contributed by atoms with E-state index >= 15 is 0 Å². The Bertz CT molecular complexity index is 295. The molecule has 0 aliphatic heterocycles. The van der Waals surface area contributed by atoms with Crippen molar-refractivity contribution in [2.75, 3.05) is 0 Å². The number of allylic oxidation sites excluding steroid dienone is 1. The van der Waals surface area contributed by atoms with E-state index < -0.39 is 12.0 Å². The lowest BCUT2D eigenvalue weighted by Gasteiger charge is -2.19. The van der Waals surface area contributed by atoms with Gasteiger partial charge in [0, 0.05) is 30.3 Å². The van der Waals surface area contributed by atoms with Crippen LogP contribution in [-0.4, -0.2) is 16.9 Å². The fourth-order valence-corrected chi connectivity index (χ4v) is 1.62. The van der Waals surface area contributed by atoms with E-state index in [0.717, 1.165) is 0 Å². The molecule has 0 bridgehead atoms. The Hall–Kier alpha value is -1.39. The minimum atomic E-state index is -0.682. The predicted molar refractivity (Wildman–Crippen MR) is 49.1 cm³/mol. The van der Waals surface area contributed by atoms with E-state index in [9.17, 15) is 14.9 Å². The first-order valence-electron chi connectivity index (χ1n) is 4.54. The summed E-state index contributed by atoms with van der Waals surface area (Å²) in [6.45, 7) is 2.96. The van der Waals surface area contributed by atoms with E-state index in [2.05, 4.69) is 0 Å². The van der Waals surface area contributed by atoms with Gasteiger partial charge in [0.25, 0.3) is 0 Å². The first kappa shape index (κ1) is 10.7. The zero-order chi connectivity index (χ0) is 10.7. The molecule has 0 aromatic heterocycles. The molecule has 5 heteroatoms. The summed E-state index contributed by atoms with van der Waals surface area (Å²) in [6, 6.07) is -0.682. The highest BCUT2D eigenvalue weighted by Gasteiger charge is 2.30. The molecule has 0 spiro atoms. The highest BCUT2D eigenvalue weighted by molar-refractivity contribution is 5.67. The van der Waals surface area contributed by atoms with Crippen molar-refractivity contribution < 1.29 is 14.5 Å². The number of ether oxygens (including phenoxy) is 1. The van der Waals surface area contributed by atoms with Crippen LogP contribution in [-0.2, 0) is 9.53 Å². The smallest absolute Gasteiger partial charge is 0.307 e. The van der Waals surface area contributed by atoms with Gasteiger partial charge in [-0.25, -0.2) is 0 Å². The second-order valence-corrected chi connectivity index (χ2v) is 3.39. The summed E-state index contributed by atoms with van der Waals surface area (Å²) in [4.78, 5) is 21.0. The highest BCUT2D eigenvalue weighted by atomic mass is 16.6. The Labute approximate surface area is 81.9 Å². The average molecular weight is 199 g/mol. The Balaban J connectivity index is 2.85. The molecule has 1 atom stereocenters. The topological polar surface area (TPSA) is 69.4 Å². The van der Waals surface area contributed by atoms with Crippen LogP contribution < -0.4 is 0 Å². The van der Waals surface area contributed by atoms with Crippen LogP contribution in [0.3, 0.4) is 0 Å². The third kappa shape index (κ3) is 2.31. The van der Waals surface area contributed by atoms with Crippen LogP contribution in [0, 0.1) is 10.1 Å². The van der Waals surface area contributed by atoms with Gasteiger partial charge >= 0.3 is 5.97 Å². The first-order chi connectivity index (χ1) is 6.52. The van der Waals surface area contributed by atoms with Crippen molar-refractivity contribution in [1.82, 2.24) is 0 Å². The number of rotatable bonds is 2. The van der Waals surface area contributed by atoms with Gasteiger partial charge in [-0.1, -0.05) is 0 Å². The van der Waals surface area contributed by atoms with Gasteiger partial charge in [0.1, 0.15) is 5.76 Å². The summed E-state index contributed by atoms with van der Waals surface area (Å²) < 4.78 is 4.92.